The fourth-order valence-electron chi connectivity index (χ4n) is 3.78. The molecule has 1 heterocycles. The smallest absolute Gasteiger partial charge is 0.221 e. The summed E-state index contributed by atoms with van der Waals surface area (Å²) < 4.78 is 6.39. The van der Waals surface area contributed by atoms with Gasteiger partial charge in [-0.05, 0) is 48.9 Å². The molecule has 1 aliphatic heterocycles. The van der Waals surface area contributed by atoms with Crippen LogP contribution in [0.15, 0.2) is 54.6 Å². The third-order valence-corrected chi connectivity index (χ3v) is 5.01. The number of rotatable bonds is 6. The monoisotopic (exact) mass is 380 g/mol. The molecule has 0 radical (unpaired) electrons. The number of benzene rings is 2. The van der Waals surface area contributed by atoms with Crippen molar-refractivity contribution in [3.05, 3.63) is 65.7 Å². The molecular formula is C23H28N2O3. The van der Waals surface area contributed by atoms with Crippen LogP contribution in [0.25, 0.3) is 0 Å². The number of hydrogen-bond acceptors (Lipinski definition) is 3. The van der Waals surface area contributed by atoms with E-state index < -0.39 is 0 Å². The van der Waals surface area contributed by atoms with Crippen molar-refractivity contribution in [1.29, 1.82) is 0 Å². The van der Waals surface area contributed by atoms with E-state index in [4.69, 9.17) is 4.74 Å². The normalized spacial score (nSPS) is 21.7. The molecular weight excluding hydrogens is 352 g/mol. The molecule has 0 bridgehead atoms. The van der Waals surface area contributed by atoms with Crippen molar-refractivity contribution in [3.8, 4) is 0 Å². The van der Waals surface area contributed by atoms with Gasteiger partial charge in [0.05, 0.1) is 12.2 Å². The minimum atomic E-state index is -0.0895. The van der Waals surface area contributed by atoms with Crippen molar-refractivity contribution in [2.45, 2.75) is 57.8 Å². The fourth-order valence-corrected chi connectivity index (χ4v) is 3.78. The van der Waals surface area contributed by atoms with Crippen molar-refractivity contribution in [1.82, 2.24) is 5.32 Å². The maximum atomic E-state index is 11.6. The highest BCUT2D eigenvalue weighted by Gasteiger charge is 2.30. The summed E-state index contributed by atoms with van der Waals surface area (Å²) in [5.41, 5.74) is 3.13. The summed E-state index contributed by atoms with van der Waals surface area (Å²) in [6, 6.07) is 18.2. The van der Waals surface area contributed by atoms with Gasteiger partial charge in [0.1, 0.15) is 0 Å². The van der Waals surface area contributed by atoms with E-state index in [2.05, 4.69) is 34.9 Å². The Kier molecular flexibility index (Phi) is 6.82. The molecule has 1 aliphatic rings. The van der Waals surface area contributed by atoms with Gasteiger partial charge in [-0.2, -0.15) is 0 Å². The molecule has 5 nitrogen and oxygen atoms in total. The second-order valence-corrected chi connectivity index (χ2v) is 7.44. The van der Waals surface area contributed by atoms with Crippen molar-refractivity contribution in [3.63, 3.8) is 0 Å². The number of aryl methyl sites for hydroxylation is 1. The predicted octanol–water partition coefficient (Wildman–Crippen LogP) is 4.00. The van der Waals surface area contributed by atoms with Gasteiger partial charge in [-0.25, -0.2) is 0 Å². The molecule has 1 fully saturated rings. The molecule has 0 aliphatic carbocycles. The van der Waals surface area contributed by atoms with Crippen molar-refractivity contribution < 1.29 is 14.3 Å². The summed E-state index contributed by atoms with van der Waals surface area (Å²) in [7, 11) is 0. The summed E-state index contributed by atoms with van der Waals surface area (Å²) in [4.78, 5) is 22.8. The molecule has 1 saturated heterocycles. The molecule has 0 unspecified atom stereocenters. The topological polar surface area (TPSA) is 67.4 Å². The lowest BCUT2D eigenvalue weighted by Gasteiger charge is -2.36. The molecule has 2 aromatic rings. The first-order valence-corrected chi connectivity index (χ1v) is 9.83. The zero-order chi connectivity index (χ0) is 19.9. The third-order valence-electron chi connectivity index (χ3n) is 5.01. The first kappa shape index (κ1) is 20.1. The van der Waals surface area contributed by atoms with Crippen LogP contribution in [0, 0.1) is 0 Å². The standard InChI is InChI=1S/C23H28N2O3/c1-16(26)24-20-11-9-19(10-12-20)23-15-21(25-17(2)27)14-22(28-23)13-8-18-6-4-3-5-7-18/h3-7,9-12,21-23H,8,13-15H2,1-2H3,(H,24,26)(H,25,27)/t21-,22+,23+/m1/s1. The van der Waals surface area contributed by atoms with Crippen LogP contribution in [0.1, 0.15) is 50.3 Å². The second kappa shape index (κ2) is 9.51. The van der Waals surface area contributed by atoms with Crippen molar-refractivity contribution >= 4 is 17.5 Å². The summed E-state index contributed by atoms with van der Waals surface area (Å²) >= 11 is 0. The maximum absolute atomic E-state index is 11.6. The Bertz CT molecular complexity index is 789. The SMILES string of the molecule is CC(=O)Nc1ccc([C@@H]2C[C@H](NC(C)=O)C[C@H](CCc3ccccc3)O2)cc1. The molecule has 148 valence electrons. The zero-order valence-corrected chi connectivity index (χ0v) is 16.5. The molecule has 3 atom stereocenters. The highest BCUT2D eigenvalue weighted by Crippen LogP contribution is 2.33. The van der Waals surface area contributed by atoms with Gasteiger partial charge in [-0.3, -0.25) is 9.59 Å². The Balaban J connectivity index is 1.68. The van der Waals surface area contributed by atoms with E-state index in [0.29, 0.717) is 0 Å². The number of anilines is 1. The molecule has 3 rings (SSSR count). The Morgan fingerprint density at radius 2 is 1.68 bits per heavy atom. The Hall–Kier alpha value is -2.66. The lowest BCUT2D eigenvalue weighted by atomic mass is 9.91. The minimum absolute atomic E-state index is 0.00605. The van der Waals surface area contributed by atoms with E-state index in [-0.39, 0.29) is 30.1 Å². The Labute approximate surface area is 166 Å². The van der Waals surface area contributed by atoms with Crippen LogP contribution < -0.4 is 10.6 Å². The third kappa shape index (κ3) is 5.92. The van der Waals surface area contributed by atoms with Gasteiger partial charge in [0.25, 0.3) is 0 Å². The first-order valence-electron chi connectivity index (χ1n) is 9.83. The van der Waals surface area contributed by atoms with Crippen molar-refractivity contribution in [2.75, 3.05) is 5.32 Å². The van der Waals surface area contributed by atoms with Gasteiger partial charge < -0.3 is 15.4 Å². The number of carbonyl (C=O) groups excluding carboxylic acids is 2. The molecule has 2 amide bonds. The van der Waals surface area contributed by atoms with Crippen LogP contribution in [0.3, 0.4) is 0 Å². The average Bonchev–Trinajstić information content (AvgIpc) is 2.67. The summed E-state index contributed by atoms with van der Waals surface area (Å²) in [6.45, 7) is 3.05. The van der Waals surface area contributed by atoms with Gasteiger partial charge in [-0.1, -0.05) is 42.5 Å². The van der Waals surface area contributed by atoms with Crippen LogP contribution in [0.5, 0.6) is 0 Å². The van der Waals surface area contributed by atoms with E-state index in [1.807, 2.05) is 30.3 Å². The first-order chi connectivity index (χ1) is 13.5. The molecule has 28 heavy (non-hydrogen) atoms. The summed E-state index contributed by atoms with van der Waals surface area (Å²) in [5.74, 6) is -0.0955. The van der Waals surface area contributed by atoms with Crippen LogP contribution in [0.2, 0.25) is 0 Å². The highest BCUT2D eigenvalue weighted by molar-refractivity contribution is 5.88. The number of nitrogens with one attached hydrogen (secondary N) is 2. The zero-order valence-electron chi connectivity index (χ0n) is 16.5. The molecule has 0 aromatic heterocycles. The van der Waals surface area contributed by atoms with Crippen LogP contribution in [-0.2, 0) is 20.7 Å². The highest BCUT2D eigenvalue weighted by atomic mass is 16.5. The van der Waals surface area contributed by atoms with Gasteiger partial charge >= 0.3 is 0 Å². The quantitative estimate of drug-likeness (QED) is 0.796. The van der Waals surface area contributed by atoms with E-state index in [1.165, 1.54) is 12.5 Å². The average molecular weight is 380 g/mol. The van der Waals surface area contributed by atoms with E-state index in [1.54, 1.807) is 6.92 Å². The van der Waals surface area contributed by atoms with Crippen LogP contribution in [0.4, 0.5) is 5.69 Å². The number of hydrogen-bond donors (Lipinski definition) is 2. The molecule has 0 saturated carbocycles. The number of carbonyl (C=O) groups is 2. The molecule has 5 heteroatoms. The minimum Gasteiger partial charge on any atom is -0.370 e. The van der Waals surface area contributed by atoms with Crippen molar-refractivity contribution in [2.24, 2.45) is 0 Å². The van der Waals surface area contributed by atoms with Crippen LogP contribution >= 0.6 is 0 Å². The summed E-state index contributed by atoms with van der Waals surface area (Å²) in [5, 5.41) is 5.85. The predicted molar refractivity (Wildman–Crippen MR) is 110 cm³/mol. The Morgan fingerprint density at radius 3 is 2.32 bits per heavy atom. The number of ether oxygens (including phenoxy) is 1. The van der Waals surface area contributed by atoms with Crippen LogP contribution in [-0.4, -0.2) is 24.0 Å². The lowest BCUT2D eigenvalue weighted by Crippen LogP contribution is -2.42. The van der Waals surface area contributed by atoms with Gasteiger partial charge in [0.2, 0.25) is 11.8 Å². The largest absolute Gasteiger partial charge is 0.370 e. The summed E-state index contributed by atoms with van der Waals surface area (Å²) in [6.07, 6.45) is 3.46. The van der Waals surface area contributed by atoms with E-state index in [0.717, 1.165) is 36.9 Å². The van der Waals surface area contributed by atoms with Gasteiger partial charge in [0, 0.05) is 25.6 Å². The fraction of sp³-hybridized carbons (Fsp3) is 0.391. The molecule has 2 N–H and O–H groups in total. The second-order valence-electron chi connectivity index (χ2n) is 7.44. The number of amides is 2. The van der Waals surface area contributed by atoms with E-state index >= 15 is 0 Å². The van der Waals surface area contributed by atoms with Gasteiger partial charge in [0.15, 0.2) is 0 Å². The molecule has 2 aromatic carbocycles. The lowest BCUT2D eigenvalue weighted by molar-refractivity contribution is -0.122. The van der Waals surface area contributed by atoms with Gasteiger partial charge in [-0.15, -0.1) is 0 Å². The molecule has 0 spiro atoms. The van der Waals surface area contributed by atoms with E-state index in [9.17, 15) is 9.59 Å². The Morgan fingerprint density at radius 1 is 0.964 bits per heavy atom. The maximum Gasteiger partial charge on any atom is 0.221 e.